The van der Waals surface area contributed by atoms with Crippen LogP contribution in [0.25, 0.3) is 0 Å². The number of anilines is 2. The molecule has 0 unspecified atom stereocenters. The summed E-state index contributed by atoms with van der Waals surface area (Å²) in [4.78, 5) is 0. The van der Waals surface area contributed by atoms with Gasteiger partial charge in [0, 0.05) is 17.4 Å². The van der Waals surface area contributed by atoms with E-state index < -0.39 is 0 Å². The van der Waals surface area contributed by atoms with Crippen molar-refractivity contribution in [1.82, 2.24) is 9.78 Å². The lowest BCUT2D eigenvalue weighted by Crippen LogP contribution is -2.06. The van der Waals surface area contributed by atoms with E-state index in [4.69, 9.17) is 16.6 Å². The van der Waals surface area contributed by atoms with Gasteiger partial charge in [0.15, 0.2) is 5.69 Å². The van der Waals surface area contributed by atoms with Crippen molar-refractivity contribution in [3.8, 4) is 0 Å². The van der Waals surface area contributed by atoms with Crippen LogP contribution in [0.5, 0.6) is 0 Å². The molecule has 6 nitrogen and oxygen atoms in total. The number of nitrogen functional groups attached to an aromatic ring is 2. The zero-order valence-corrected chi connectivity index (χ0v) is 8.46. The highest BCUT2D eigenvalue weighted by atomic mass is 32.1. The van der Waals surface area contributed by atoms with Gasteiger partial charge in [-0.25, -0.2) is 4.68 Å². The second-order valence-corrected chi connectivity index (χ2v) is 3.33. The predicted molar refractivity (Wildman–Crippen MR) is 54.5 cm³/mol. The summed E-state index contributed by atoms with van der Waals surface area (Å²) < 4.78 is 11.8. The molecule has 1 heterocycles. The molecule has 0 aliphatic carbocycles. The number of aliphatic hydroxyl groups excluding tert-OH is 1. The summed E-state index contributed by atoms with van der Waals surface area (Å²) in [6.45, 7) is 0.584. The van der Waals surface area contributed by atoms with E-state index in [1.54, 1.807) is 0 Å². The van der Waals surface area contributed by atoms with Gasteiger partial charge >= 0.3 is 11.7 Å². The fourth-order valence-electron chi connectivity index (χ4n) is 1.09. The van der Waals surface area contributed by atoms with Gasteiger partial charge < -0.3 is 16.6 Å². The third-order valence-electron chi connectivity index (χ3n) is 1.83. The highest BCUT2D eigenvalue weighted by Gasteiger charge is 2.16. The number of rotatable bonds is 5. The van der Waals surface area contributed by atoms with Crippen LogP contribution >= 0.6 is 0 Å². The normalized spacial score (nSPS) is 10.4. The Kier molecular flexibility index (Phi) is 3.78. The molecule has 0 aliphatic heterocycles. The quantitative estimate of drug-likeness (QED) is 0.568. The van der Waals surface area contributed by atoms with Crippen molar-refractivity contribution < 1.29 is 9.32 Å². The molecule has 78 valence electrons. The lowest BCUT2D eigenvalue weighted by atomic mass is 10.4. The van der Waals surface area contributed by atoms with Crippen molar-refractivity contribution in [1.29, 1.82) is 0 Å². The van der Waals surface area contributed by atoms with Crippen LogP contribution in [0.3, 0.4) is 0 Å². The van der Waals surface area contributed by atoms with Crippen molar-refractivity contribution >= 4 is 23.2 Å². The molecular formula is C7H13N4O2S+. The number of aromatic nitrogens is 2. The van der Waals surface area contributed by atoms with Gasteiger partial charge in [0.1, 0.15) is 11.5 Å². The Hall–Kier alpha value is -1.21. The molecule has 0 radical (unpaired) electrons. The Bertz CT molecular complexity index is 326. The monoisotopic (exact) mass is 217 g/mol. The van der Waals surface area contributed by atoms with Gasteiger partial charge in [-0.3, -0.25) is 0 Å². The third kappa shape index (κ3) is 2.18. The van der Waals surface area contributed by atoms with Crippen molar-refractivity contribution in [3.05, 3.63) is 5.69 Å². The van der Waals surface area contributed by atoms with Crippen LogP contribution in [-0.4, -0.2) is 21.5 Å². The van der Waals surface area contributed by atoms with E-state index in [1.165, 1.54) is 4.68 Å². The first-order valence-electron chi connectivity index (χ1n) is 4.17. The molecule has 0 saturated carbocycles. The second kappa shape index (κ2) is 4.87. The molecule has 1 aromatic rings. The van der Waals surface area contributed by atoms with E-state index in [1.807, 2.05) is 0 Å². The smallest absolute Gasteiger partial charge is 0.396 e. The minimum atomic E-state index is 0.0742. The summed E-state index contributed by atoms with van der Waals surface area (Å²) in [6, 6.07) is 0. The second-order valence-electron chi connectivity index (χ2n) is 2.81. The summed E-state index contributed by atoms with van der Waals surface area (Å²) in [5, 5.41) is 12.7. The largest absolute Gasteiger partial charge is 0.465 e. The van der Waals surface area contributed by atoms with Crippen LogP contribution in [0, 0.1) is 0 Å². The first-order valence-corrected chi connectivity index (χ1v) is 5.08. The Balaban J connectivity index is 2.84. The van der Waals surface area contributed by atoms with Crippen molar-refractivity contribution in [2.24, 2.45) is 0 Å². The maximum Gasteiger partial charge on any atom is 0.465 e. The summed E-state index contributed by atoms with van der Waals surface area (Å²) >= 11 is 0.404. The Morgan fingerprint density at radius 2 is 2.21 bits per heavy atom. The first kappa shape index (κ1) is 10.9. The summed E-state index contributed by atoms with van der Waals surface area (Å²) in [6.07, 6.45) is 0.565. The third-order valence-corrected chi connectivity index (χ3v) is 2.22. The van der Waals surface area contributed by atoms with Gasteiger partial charge in [0.25, 0.3) is 5.75 Å². The summed E-state index contributed by atoms with van der Waals surface area (Å²) in [5.41, 5.74) is 12.2. The zero-order valence-electron chi connectivity index (χ0n) is 7.64. The van der Waals surface area contributed by atoms with Gasteiger partial charge in [-0.1, -0.05) is 0 Å². The standard InChI is InChI=1S/C7H13N4O2S/c8-6-5(4-14-13)10-11(7(6)9)2-1-3-12/h12H,1-4,8-9H2/q+1. The molecule has 1 aromatic heterocycles. The summed E-state index contributed by atoms with van der Waals surface area (Å²) in [7, 11) is 0. The number of nitrogens with two attached hydrogens (primary N) is 2. The van der Waals surface area contributed by atoms with Crippen molar-refractivity contribution in [2.75, 3.05) is 18.1 Å². The van der Waals surface area contributed by atoms with E-state index in [0.29, 0.717) is 41.8 Å². The van der Waals surface area contributed by atoms with Crippen LogP contribution in [0.15, 0.2) is 0 Å². The molecule has 0 amide bonds. The fraction of sp³-hybridized carbons (Fsp3) is 0.571. The first-order chi connectivity index (χ1) is 6.70. The van der Waals surface area contributed by atoms with Gasteiger partial charge in [-0.05, 0) is 6.42 Å². The Labute approximate surface area is 85.4 Å². The predicted octanol–water partition coefficient (Wildman–Crippen LogP) is -0.642. The van der Waals surface area contributed by atoms with Crippen molar-refractivity contribution in [3.63, 3.8) is 0 Å². The molecular weight excluding hydrogens is 204 g/mol. The average Bonchev–Trinajstić information content (AvgIpc) is 2.44. The van der Waals surface area contributed by atoms with Crippen LogP contribution in [0.4, 0.5) is 11.5 Å². The minimum Gasteiger partial charge on any atom is -0.396 e. The number of aryl methyl sites for hydroxylation is 1. The van der Waals surface area contributed by atoms with E-state index in [-0.39, 0.29) is 12.4 Å². The van der Waals surface area contributed by atoms with Gasteiger partial charge in [-0.15, -0.1) is 0 Å². The highest BCUT2D eigenvalue weighted by molar-refractivity contribution is 7.64. The molecule has 14 heavy (non-hydrogen) atoms. The highest BCUT2D eigenvalue weighted by Crippen LogP contribution is 2.19. The Morgan fingerprint density at radius 1 is 1.50 bits per heavy atom. The van der Waals surface area contributed by atoms with E-state index >= 15 is 0 Å². The Morgan fingerprint density at radius 3 is 2.79 bits per heavy atom. The number of hydrogen-bond donors (Lipinski definition) is 3. The van der Waals surface area contributed by atoms with E-state index in [0.717, 1.165) is 0 Å². The minimum absolute atomic E-state index is 0.0742. The van der Waals surface area contributed by atoms with Gasteiger partial charge in [0.2, 0.25) is 0 Å². The van der Waals surface area contributed by atoms with Crippen LogP contribution < -0.4 is 11.5 Å². The molecule has 0 aliphatic rings. The molecule has 1 rings (SSSR count). The van der Waals surface area contributed by atoms with E-state index in [2.05, 4.69) is 5.10 Å². The lowest BCUT2D eigenvalue weighted by Gasteiger charge is -2.00. The number of hydrogen-bond acceptors (Lipinski definition) is 5. The molecule has 0 saturated heterocycles. The fourth-order valence-corrected chi connectivity index (χ4v) is 1.42. The molecule has 0 aromatic carbocycles. The van der Waals surface area contributed by atoms with Crippen molar-refractivity contribution in [2.45, 2.75) is 18.7 Å². The molecule has 0 bridgehead atoms. The van der Waals surface area contributed by atoms with E-state index in [9.17, 15) is 4.21 Å². The lowest BCUT2D eigenvalue weighted by molar-refractivity contribution is 0.277. The van der Waals surface area contributed by atoms with Gasteiger partial charge in [0.05, 0.1) is 0 Å². The number of nitrogens with zero attached hydrogens (tertiary/aromatic N) is 2. The summed E-state index contributed by atoms with van der Waals surface area (Å²) in [5.74, 6) is 0.574. The van der Waals surface area contributed by atoms with Gasteiger partial charge in [-0.2, -0.15) is 5.10 Å². The molecule has 0 fully saturated rings. The topological polar surface area (TPSA) is 107 Å². The molecule has 0 spiro atoms. The maximum atomic E-state index is 10.3. The van der Waals surface area contributed by atoms with Crippen LogP contribution in [0.2, 0.25) is 0 Å². The zero-order chi connectivity index (χ0) is 10.6. The SMILES string of the molecule is Nc1c(C[S+]=O)nn(CCCO)c1N. The molecule has 0 atom stereocenters. The van der Waals surface area contributed by atoms with Crippen LogP contribution in [0.1, 0.15) is 12.1 Å². The molecule has 5 N–H and O–H groups in total. The maximum absolute atomic E-state index is 10.3. The molecule has 7 heteroatoms. The number of aliphatic hydroxyl groups is 1. The van der Waals surface area contributed by atoms with Crippen LogP contribution in [-0.2, 0) is 28.2 Å². The average molecular weight is 217 g/mol.